The van der Waals surface area contributed by atoms with Gasteiger partial charge in [-0.15, -0.1) is 0 Å². The van der Waals surface area contributed by atoms with Crippen molar-refractivity contribution in [3.05, 3.63) is 59.1 Å². The van der Waals surface area contributed by atoms with E-state index < -0.39 is 0 Å². The Bertz CT molecular complexity index is 868. The molecule has 0 spiro atoms. The summed E-state index contributed by atoms with van der Waals surface area (Å²) < 4.78 is 5.07. The first-order valence-electron chi connectivity index (χ1n) is 8.63. The number of methoxy groups -OCH3 is 1. The standard InChI is InChI=1S/C20H20ClN3O3/c1-27-15-7-8-18(16(21)13-15)22-19(25)9-10-20(26)24-12-11-17(23-24)14-5-3-2-4-6-14/h2-8,13H,9-12H2,1H3,(H,22,25). The first-order chi connectivity index (χ1) is 13.1. The van der Waals surface area contributed by atoms with Crippen LogP contribution in [0.15, 0.2) is 53.6 Å². The second-order valence-corrected chi connectivity index (χ2v) is 6.48. The van der Waals surface area contributed by atoms with Gasteiger partial charge in [0.1, 0.15) is 5.75 Å². The van der Waals surface area contributed by atoms with Crippen LogP contribution >= 0.6 is 11.6 Å². The number of ether oxygens (including phenoxy) is 1. The fourth-order valence-electron chi connectivity index (χ4n) is 2.76. The molecule has 1 heterocycles. The molecule has 7 heteroatoms. The van der Waals surface area contributed by atoms with Crippen LogP contribution < -0.4 is 10.1 Å². The largest absolute Gasteiger partial charge is 0.497 e. The minimum Gasteiger partial charge on any atom is -0.497 e. The number of hydrazone groups is 1. The van der Waals surface area contributed by atoms with Crippen molar-refractivity contribution < 1.29 is 14.3 Å². The molecule has 1 aliphatic rings. The summed E-state index contributed by atoms with van der Waals surface area (Å²) in [4.78, 5) is 24.4. The van der Waals surface area contributed by atoms with Crippen LogP contribution in [0.4, 0.5) is 5.69 Å². The van der Waals surface area contributed by atoms with Crippen LogP contribution in [0.5, 0.6) is 5.75 Å². The van der Waals surface area contributed by atoms with Crippen molar-refractivity contribution in [2.45, 2.75) is 19.3 Å². The summed E-state index contributed by atoms with van der Waals surface area (Å²) >= 11 is 6.11. The molecule has 2 aromatic rings. The van der Waals surface area contributed by atoms with Crippen molar-refractivity contribution >= 4 is 34.8 Å². The van der Waals surface area contributed by atoms with E-state index in [2.05, 4.69) is 10.4 Å². The highest BCUT2D eigenvalue weighted by Crippen LogP contribution is 2.26. The molecule has 140 valence electrons. The van der Waals surface area contributed by atoms with E-state index in [4.69, 9.17) is 16.3 Å². The number of nitrogens with zero attached hydrogens (tertiary/aromatic N) is 2. The number of benzene rings is 2. The molecule has 0 saturated carbocycles. The Morgan fingerprint density at radius 2 is 1.96 bits per heavy atom. The first kappa shape index (κ1) is 18.9. The van der Waals surface area contributed by atoms with Crippen molar-refractivity contribution in [2.75, 3.05) is 19.0 Å². The quantitative estimate of drug-likeness (QED) is 0.824. The zero-order valence-corrected chi connectivity index (χ0v) is 15.7. The Balaban J connectivity index is 1.52. The van der Waals surface area contributed by atoms with Gasteiger partial charge in [0.15, 0.2) is 0 Å². The van der Waals surface area contributed by atoms with E-state index in [0.29, 0.717) is 29.4 Å². The molecule has 2 amide bonds. The van der Waals surface area contributed by atoms with Crippen molar-refractivity contribution in [1.29, 1.82) is 0 Å². The molecule has 27 heavy (non-hydrogen) atoms. The molecule has 3 rings (SSSR count). The van der Waals surface area contributed by atoms with Crippen molar-refractivity contribution in [1.82, 2.24) is 5.01 Å². The fraction of sp³-hybridized carbons (Fsp3) is 0.250. The predicted octanol–water partition coefficient (Wildman–Crippen LogP) is 3.70. The van der Waals surface area contributed by atoms with E-state index in [1.54, 1.807) is 25.3 Å². The Labute approximate surface area is 162 Å². The van der Waals surface area contributed by atoms with Gasteiger partial charge in [-0.05, 0) is 17.7 Å². The maximum Gasteiger partial charge on any atom is 0.243 e. The van der Waals surface area contributed by atoms with Gasteiger partial charge in [-0.2, -0.15) is 5.10 Å². The van der Waals surface area contributed by atoms with Crippen LogP contribution in [-0.2, 0) is 9.59 Å². The highest BCUT2D eigenvalue weighted by Gasteiger charge is 2.22. The van der Waals surface area contributed by atoms with Gasteiger partial charge < -0.3 is 10.1 Å². The lowest BCUT2D eigenvalue weighted by molar-refractivity contribution is -0.132. The van der Waals surface area contributed by atoms with Gasteiger partial charge >= 0.3 is 0 Å². The highest BCUT2D eigenvalue weighted by molar-refractivity contribution is 6.33. The summed E-state index contributed by atoms with van der Waals surface area (Å²) in [6.07, 6.45) is 0.864. The maximum atomic E-state index is 12.3. The Morgan fingerprint density at radius 3 is 2.67 bits per heavy atom. The van der Waals surface area contributed by atoms with E-state index in [-0.39, 0.29) is 24.7 Å². The van der Waals surface area contributed by atoms with Crippen LogP contribution in [0.1, 0.15) is 24.8 Å². The van der Waals surface area contributed by atoms with Gasteiger partial charge in [-0.25, -0.2) is 5.01 Å². The molecule has 0 fully saturated rings. The molecule has 1 aliphatic heterocycles. The van der Waals surface area contributed by atoms with Crippen LogP contribution in [0, 0.1) is 0 Å². The summed E-state index contributed by atoms with van der Waals surface area (Å²) in [7, 11) is 1.54. The topological polar surface area (TPSA) is 71.0 Å². The van der Waals surface area contributed by atoms with Gasteiger partial charge in [0.05, 0.1) is 30.1 Å². The molecule has 0 radical (unpaired) electrons. The number of hydrogen-bond acceptors (Lipinski definition) is 4. The third kappa shape index (κ3) is 4.86. The number of nitrogens with one attached hydrogen (secondary N) is 1. The number of carbonyl (C=O) groups excluding carboxylic acids is 2. The Morgan fingerprint density at radius 1 is 1.19 bits per heavy atom. The summed E-state index contributed by atoms with van der Waals surface area (Å²) in [5, 5.41) is 8.92. The lowest BCUT2D eigenvalue weighted by Crippen LogP contribution is -2.25. The van der Waals surface area contributed by atoms with Crippen LogP contribution in [0.3, 0.4) is 0 Å². The fourth-order valence-corrected chi connectivity index (χ4v) is 2.97. The predicted molar refractivity (Wildman–Crippen MR) is 105 cm³/mol. The molecule has 1 N–H and O–H groups in total. The first-order valence-corrected chi connectivity index (χ1v) is 9.01. The van der Waals surface area contributed by atoms with Crippen LogP contribution in [-0.4, -0.2) is 36.2 Å². The molecular formula is C20H20ClN3O3. The molecule has 0 atom stereocenters. The molecule has 0 saturated heterocycles. The average molecular weight is 386 g/mol. The maximum absolute atomic E-state index is 12.3. The zero-order chi connectivity index (χ0) is 19.2. The lowest BCUT2D eigenvalue weighted by Gasteiger charge is -2.12. The zero-order valence-electron chi connectivity index (χ0n) is 14.9. The summed E-state index contributed by atoms with van der Waals surface area (Å²) in [5.41, 5.74) is 2.39. The molecular weight excluding hydrogens is 366 g/mol. The van der Waals surface area contributed by atoms with Gasteiger partial charge in [0.25, 0.3) is 0 Å². The number of anilines is 1. The molecule has 6 nitrogen and oxygen atoms in total. The average Bonchev–Trinajstić information content (AvgIpc) is 3.18. The Hall–Kier alpha value is -2.86. The number of carbonyl (C=O) groups is 2. The highest BCUT2D eigenvalue weighted by atomic mass is 35.5. The van der Waals surface area contributed by atoms with Gasteiger partial charge in [0, 0.05) is 25.3 Å². The molecule has 2 aromatic carbocycles. The monoisotopic (exact) mass is 385 g/mol. The number of hydrogen-bond donors (Lipinski definition) is 1. The molecule has 0 unspecified atom stereocenters. The minimum absolute atomic E-state index is 0.0634. The van der Waals surface area contributed by atoms with Crippen LogP contribution in [0.2, 0.25) is 5.02 Å². The third-order valence-corrected chi connectivity index (χ3v) is 4.53. The molecule has 0 bridgehead atoms. The number of amides is 2. The van der Waals surface area contributed by atoms with E-state index >= 15 is 0 Å². The molecule has 0 aromatic heterocycles. The summed E-state index contributed by atoms with van der Waals surface area (Å²) in [6.45, 7) is 0.537. The van der Waals surface area contributed by atoms with Crippen molar-refractivity contribution in [3.8, 4) is 5.75 Å². The van der Waals surface area contributed by atoms with Crippen LogP contribution in [0.25, 0.3) is 0 Å². The smallest absolute Gasteiger partial charge is 0.243 e. The molecule has 0 aliphatic carbocycles. The number of rotatable bonds is 6. The van der Waals surface area contributed by atoms with Gasteiger partial charge in [-0.1, -0.05) is 41.9 Å². The van der Waals surface area contributed by atoms with E-state index in [1.807, 2.05) is 30.3 Å². The van der Waals surface area contributed by atoms with Gasteiger partial charge in [0.2, 0.25) is 11.8 Å². The van der Waals surface area contributed by atoms with E-state index in [0.717, 1.165) is 11.3 Å². The van der Waals surface area contributed by atoms with Crippen molar-refractivity contribution in [2.24, 2.45) is 5.10 Å². The second-order valence-electron chi connectivity index (χ2n) is 6.07. The third-order valence-electron chi connectivity index (χ3n) is 4.21. The SMILES string of the molecule is COc1ccc(NC(=O)CCC(=O)N2CCC(c3ccccc3)=N2)c(Cl)c1. The minimum atomic E-state index is -0.276. The normalized spacial score (nSPS) is 13.3. The summed E-state index contributed by atoms with van der Waals surface area (Å²) in [5.74, 6) is 0.160. The Kier molecular flexibility index (Phi) is 6.08. The second kappa shape index (κ2) is 8.68. The summed E-state index contributed by atoms with van der Waals surface area (Å²) in [6, 6.07) is 14.8. The van der Waals surface area contributed by atoms with E-state index in [9.17, 15) is 9.59 Å². The number of halogens is 1. The van der Waals surface area contributed by atoms with Gasteiger partial charge in [-0.3, -0.25) is 9.59 Å². The van der Waals surface area contributed by atoms with Crippen molar-refractivity contribution in [3.63, 3.8) is 0 Å². The van der Waals surface area contributed by atoms with E-state index in [1.165, 1.54) is 5.01 Å². The lowest BCUT2D eigenvalue weighted by atomic mass is 10.1.